The molecule has 0 bridgehead atoms. The van der Waals surface area contributed by atoms with Gasteiger partial charge in [0.15, 0.2) is 11.5 Å². The fourth-order valence-corrected chi connectivity index (χ4v) is 1.36. The van der Waals surface area contributed by atoms with Crippen LogP contribution in [-0.4, -0.2) is 25.9 Å². The van der Waals surface area contributed by atoms with Gasteiger partial charge in [0.2, 0.25) is 0 Å². The predicted octanol–water partition coefficient (Wildman–Crippen LogP) is 3.46. The highest BCUT2D eigenvalue weighted by Crippen LogP contribution is 2.31. The Hall–Kier alpha value is -1.59. The van der Waals surface area contributed by atoms with Gasteiger partial charge in [0, 0.05) is 11.8 Å². The van der Waals surface area contributed by atoms with Crippen LogP contribution in [0.25, 0.3) is 0 Å². The summed E-state index contributed by atoms with van der Waals surface area (Å²) in [7, 11) is 0. The zero-order chi connectivity index (χ0) is 13.6. The van der Waals surface area contributed by atoms with Crippen LogP contribution in [0.3, 0.4) is 0 Å². The summed E-state index contributed by atoms with van der Waals surface area (Å²) < 4.78 is 46.8. The van der Waals surface area contributed by atoms with Crippen LogP contribution in [0, 0.1) is 0 Å². The number of alkyl halides is 3. The zero-order valence-electron chi connectivity index (χ0n) is 10.3. The van der Waals surface area contributed by atoms with Crippen molar-refractivity contribution in [1.29, 1.82) is 0 Å². The van der Waals surface area contributed by atoms with E-state index in [1.807, 2.05) is 6.92 Å². The minimum atomic E-state index is -4.25. The maximum atomic E-state index is 12.1. The fraction of sp³-hybridized carbons (Fsp3) is 0.500. The molecule has 0 radical (unpaired) electrons. The van der Waals surface area contributed by atoms with Crippen molar-refractivity contribution in [2.75, 3.05) is 25.1 Å². The lowest BCUT2D eigenvalue weighted by Gasteiger charge is -2.14. The molecule has 0 heterocycles. The Morgan fingerprint density at radius 1 is 1.06 bits per heavy atom. The van der Waals surface area contributed by atoms with E-state index in [0.717, 1.165) is 0 Å². The van der Waals surface area contributed by atoms with Gasteiger partial charge in [0.1, 0.15) is 6.54 Å². The molecule has 0 aromatic heterocycles. The number of ether oxygens (including phenoxy) is 2. The Kier molecular flexibility index (Phi) is 5.12. The molecular formula is C12H16F3NO2. The highest BCUT2D eigenvalue weighted by atomic mass is 19.4. The van der Waals surface area contributed by atoms with Gasteiger partial charge in [-0.3, -0.25) is 0 Å². The SMILES string of the molecule is CCOc1ccc(NCC(F)(F)F)cc1OCC. The van der Waals surface area contributed by atoms with Crippen LogP contribution in [0.15, 0.2) is 18.2 Å². The summed E-state index contributed by atoms with van der Waals surface area (Å²) in [5, 5.41) is 2.29. The molecule has 6 heteroatoms. The average Bonchev–Trinajstić information content (AvgIpc) is 2.29. The average molecular weight is 263 g/mol. The van der Waals surface area contributed by atoms with Crippen molar-refractivity contribution in [3.05, 3.63) is 18.2 Å². The van der Waals surface area contributed by atoms with Gasteiger partial charge in [0.25, 0.3) is 0 Å². The molecule has 18 heavy (non-hydrogen) atoms. The fourth-order valence-electron chi connectivity index (χ4n) is 1.36. The molecule has 0 saturated carbocycles. The molecule has 0 aliphatic carbocycles. The Bertz CT molecular complexity index is 380. The topological polar surface area (TPSA) is 30.5 Å². The largest absolute Gasteiger partial charge is 0.490 e. The quantitative estimate of drug-likeness (QED) is 0.852. The van der Waals surface area contributed by atoms with Crippen LogP contribution >= 0.6 is 0 Å². The minimum absolute atomic E-state index is 0.347. The van der Waals surface area contributed by atoms with Gasteiger partial charge in [-0.15, -0.1) is 0 Å². The first-order chi connectivity index (χ1) is 8.46. The van der Waals surface area contributed by atoms with E-state index in [1.54, 1.807) is 13.0 Å². The van der Waals surface area contributed by atoms with Gasteiger partial charge in [-0.05, 0) is 26.0 Å². The lowest BCUT2D eigenvalue weighted by atomic mass is 10.2. The molecule has 0 atom stereocenters. The number of rotatable bonds is 6. The number of hydrogen-bond acceptors (Lipinski definition) is 3. The van der Waals surface area contributed by atoms with E-state index in [-0.39, 0.29) is 0 Å². The van der Waals surface area contributed by atoms with Gasteiger partial charge in [0.05, 0.1) is 13.2 Å². The summed E-state index contributed by atoms with van der Waals surface area (Å²) in [4.78, 5) is 0. The van der Waals surface area contributed by atoms with Gasteiger partial charge in [-0.2, -0.15) is 13.2 Å². The summed E-state index contributed by atoms with van der Waals surface area (Å²) in [6.45, 7) is 3.43. The van der Waals surface area contributed by atoms with Crippen molar-refractivity contribution in [1.82, 2.24) is 0 Å². The van der Waals surface area contributed by atoms with Gasteiger partial charge in [-0.25, -0.2) is 0 Å². The third-order valence-electron chi connectivity index (χ3n) is 2.04. The number of hydrogen-bond donors (Lipinski definition) is 1. The maximum Gasteiger partial charge on any atom is 0.405 e. The van der Waals surface area contributed by atoms with Crippen LogP contribution in [-0.2, 0) is 0 Å². The molecule has 0 amide bonds. The maximum absolute atomic E-state index is 12.1. The van der Waals surface area contributed by atoms with Crippen LogP contribution in [0.5, 0.6) is 11.5 Å². The summed E-state index contributed by atoms with van der Waals surface area (Å²) in [5.74, 6) is 0.962. The van der Waals surface area contributed by atoms with Crippen LogP contribution in [0.4, 0.5) is 18.9 Å². The van der Waals surface area contributed by atoms with E-state index in [2.05, 4.69) is 5.32 Å². The Labute approximate surface area is 104 Å². The van der Waals surface area contributed by atoms with E-state index in [0.29, 0.717) is 30.4 Å². The molecule has 1 aromatic rings. The van der Waals surface area contributed by atoms with Crippen molar-refractivity contribution in [2.45, 2.75) is 20.0 Å². The van der Waals surface area contributed by atoms with Crippen LogP contribution in [0.2, 0.25) is 0 Å². The third-order valence-corrected chi connectivity index (χ3v) is 2.04. The molecule has 0 saturated heterocycles. The van der Waals surface area contributed by atoms with Gasteiger partial charge in [-0.1, -0.05) is 0 Å². The first kappa shape index (κ1) is 14.5. The molecule has 0 aliphatic rings. The molecule has 0 spiro atoms. The molecule has 1 N–H and O–H groups in total. The van der Waals surface area contributed by atoms with E-state index < -0.39 is 12.7 Å². The second kappa shape index (κ2) is 6.37. The van der Waals surface area contributed by atoms with E-state index in [4.69, 9.17) is 9.47 Å². The minimum Gasteiger partial charge on any atom is -0.490 e. The monoisotopic (exact) mass is 263 g/mol. The smallest absolute Gasteiger partial charge is 0.405 e. The van der Waals surface area contributed by atoms with E-state index >= 15 is 0 Å². The Morgan fingerprint density at radius 2 is 1.67 bits per heavy atom. The number of anilines is 1. The van der Waals surface area contributed by atoms with Gasteiger partial charge >= 0.3 is 6.18 Å². The lowest BCUT2D eigenvalue weighted by molar-refractivity contribution is -0.115. The molecule has 0 aliphatic heterocycles. The number of nitrogens with one attached hydrogen (secondary N) is 1. The molecule has 0 fully saturated rings. The molecule has 102 valence electrons. The van der Waals surface area contributed by atoms with Crippen molar-refractivity contribution < 1.29 is 22.6 Å². The number of halogens is 3. The highest BCUT2D eigenvalue weighted by Gasteiger charge is 2.26. The molecule has 0 unspecified atom stereocenters. The van der Waals surface area contributed by atoms with Crippen molar-refractivity contribution in [3.8, 4) is 11.5 Å². The molecular weight excluding hydrogens is 247 g/mol. The van der Waals surface area contributed by atoms with Crippen molar-refractivity contribution in [3.63, 3.8) is 0 Å². The Morgan fingerprint density at radius 3 is 2.22 bits per heavy atom. The predicted molar refractivity (Wildman–Crippen MR) is 63.3 cm³/mol. The first-order valence-corrected chi connectivity index (χ1v) is 5.66. The van der Waals surface area contributed by atoms with Crippen LogP contribution < -0.4 is 14.8 Å². The molecule has 3 nitrogen and oxygen atoms in total. The lowest BCUT2D eigenvalue weighted by Crippen LogP contribution is -2.21. The summed E-state index contributed by atoms with van der Waals surface area (Å²) in [6.07, 6.45) is -4.25. The second-order valence-electron chi connectivity index (χ2n) is 3.50. The zero-order valence-corrected chi connectivity index (χ0v) is 10.3. The third kappa shape index (κ3) is 4.73. The Balaban J connectivity index is 2.79. The van der Waals surface area contributed by atoms with Crippen LogP contribution in [0.1, 0.15) is 13.8 Å². The number of benzene rings is 1. The van der Waals surface area contributed by atoms with E-state index in [9.17, 15) is 13.2 Å². The van der Waals surface area contributed by atoms with E-state index in [1.165, 1.54) is 12.1 Å². The summed E-state index contributed by atoms with van der Waals surface area (Å²) in [6, 6.07) is 4.62. The molecule has 1 rings (SSSR count). The highest BCUT2D eigenvalue weighted by molar-refractivity contribution is 5.54. The first-order valence-electron chi connectivity index (χ1n) is 5.66. The normalized spacial score (nSPS) is 11.2. The van der Waals surface area contributed by atoms with Crippen molar-refractivity contribution in [2.24, 2.45) is 0 Å². The van der Waals surface area contributed by atoms with Crippen molar-refractivity contribution >= 4 is 5.69 Å². The van der Waals surface area contributed by atoms with Gasteiger partial charge < -0.3 is 14.8 Å². The summed E-state index contributed by atoms with van der Waals surface area (Å²) >= 11 is 0. The molecule has 1 aromatic carbocycles. The second-order valence-corrected chi connectivity index (χ2v) is 3.50. The standard InChI is InChI=1S/C12H16F3NO2/c1-3-17-10-6-5-9(7-11(10)18-4-2)16-8-12(13,14)15/h5-7,16H,3-4,8H2,1-2H3. The summed E-state index contributed by atoms with van der Waals surface area (Å²) in [5.41, 5.74) is 0.347.